The number of benzene rings is 3. The maximum absolute atomic E-state index is 13.3. The number of hydrogen-bond acceptors (Lipinski definition) is 3. The highest BCUT2D eigenvalue weighted by Gasteiger charge is 2.35. The van der Waals surface area contributed by atoms with Gasteiger partial charge in [-0.25, -0.2) is 9.37 Å². The molecule has 1 aliphatic heterocycles. The van der Waals surface area contributed by atoms with Crippen LogP contribution < -0.4 is 0 Å². The Bertz CT molecular complexity index is 1250. The van der Waals surface area contributed by atoms with Crippen LogP contribution in [0.1, 0.15) is 27.8 Å². The number of halogens is 1. The van der Waals surface area contributed by atoms with E-state index in [2.05, 4.69) is 4.98 Å². The quantitative estimate of drug-likeness (QED) is 0.520. The van der Waals surface area contributed by atoms with E-state index in [0.717, 1.165) is 16.6 Å². The SMILES string of the molecule is O=C(c1ccc(F)cc1)N1CCN(C(=O)Cc2ccccc2)C(c2nc3ccccc3[nH]2)C1. The van der Waals surface area contributed by atoms with E-state index < -0.39 is 6.04 Å². The zero-order valence-electron chi connectivity index (χ0n) is 17.9. The molecule has 1 saturated heterocycles. The van der Waals surface area contributed by atoms with Crippen LogP contribution in [0.4, 0.5) is 4.39 Å². The number of nitrogens with zero attached hydrogens (tertiary/aromatic N) is 3. The Morgan fingerprint density at radius 1 is 0.939 bits per heavy atom. The van der Waals surface area contributed by atoms with Crippen LogP contribution in [0.2, 0.25) is 0 Å². The van der Waals surface area contributed by atoms with Gasteiger partial charge in [0, 0.05) is 25.2 Å². The van der Waals surface area contributed by atoms with E-state index in [9.17, 15) is 14.0 Å². The average Bonchev–Trinajstić information content (AvgIpc) is 3.29. The molecule has 0 spiro atoms. The third-order valence-electron chi connectivity index (χ3n) is 6.00. The number of piperazine rings is 1. The summed E-state index contributed by atoms with van der Waals surface area (Å²) < 4.78 is 13.3. The molecule has 33 heavy (non-hydrogen) atoms. The van der Waals surface area contributed by atoms with E-state index in [-0.39, 0.29) is 24.1 Å². The van der Waals surface area contributed by atoms with Crippen molar-refractivity contribution in [3.63, 3.8) is 0 Å². The van der Waals surface area contributed by atoms with E-state index in [1.807, 2.05) is 54.6 Å². The van der Waals surface area contributed by atoms with Gasteiger partial charge in [-0.05, 0) is 42.0 Å². The number of aromatic amines is 1. The summed E-state index contributed by atoms with van der Waals surface area (Å²) in [6.45, 7) is 1.09. The van der Waals surface area contributed by atoms with Gasteiger partial charge >= 0.3 is 0 Å². The molecule has 3 aromatic carbocycles. The summed E-state index contributed by atoms with van der Waals surface area (Å²) in [4.78, 5) is 37.9. The molecule has 1 aromatic heterocycles. The zero-order chi connectivity index (χ0) is 22.8. The van der Waals surface area contributed by atoms with Crippen LogP contribution >= 0.6 is 0 Å². The Morgan fingerprint density at radius 2 is 1.67 bits per heavy atom. The molecule has 1 N–H and O–H groups in total. The van der Waals surface area contributed by atoms with Crippen LogP contribution in [0.25, 0.3) is 11.0 Å². The highest BCUT2D eigenvalue weighted by Crippen LogP contribution is 2.27. The second kappa shape index (κ2) is 8.86. The van der Waals surface area contributed by atoms with Crippen molar-refractivity contribution in [2.45, 2.75) is 12.5 Å². The van der Waals surface area contributed by atoms with Gasteiger partial charge in [-0.15, -0.1) is 0 Å². The molecule has 0 aliphatic carbocycles. The molecule has 1 aliphatic rings. The number of imidazole rings is 1. The molecular weight excluding hydrogens is 419 g/mol. The van der Waals surface area contributed by atoms with Gasteiger partial charge in [-0.2, -0.15) is 0 Å². The second-order valence-corrected chi connectivity index (χ2v) is 8.16. The van der Waals surface area contributed by atoms with Gasteiger partial charge in [0.25, 0.3) is 5.91 Å². The number of fused-ring (bicyclic) bond motifs is 1. The lowest BCUT2D eigenvalue weighted by Gasteiger charge is -2.40. The maximum atomic E-state index is 13.3. The van der Waals surface area contributed by atoms with E-state index in [4.69, 9.17) is 4.98 Å². The molecule has 1 atom stereocenters. The zero-order valence-corrected chi connectivity index (χ0v) is 17.9. The molecule has 166 valence electrons. The van der Waals surface area contributed by atoms with Gasteiger partial charge in [0.15, 0.2) is 0 Å². The maximum Gasteiger partial charge on any atom is 0.254 e. The van der Waals surface area contributed by atoms with Crippen molar-refractivity contribution >= 4 is 22.8 Å². The molecule has 2 heterocycles. The average molecular weight is 442 g/mol. The molecule has 5 rings (SSSR count). The van der Waals surface area contributed by atoms with Gasteiger partial charge in [-0.1, -0.05) is 42.5 Å². The number of hydrogen-bond donors (Lipinski definition) is 1. The standard InChI is InChI=1S/C26H23FN4O2/c27-20-12-10-19(11-13-20)26(33)30-14-15-31(24(32)16-18-6-2-1-3-7-18)23(17-30)25-28-21-8-4-5-9-22(21)29-25/h1-13,23H,14-17H2,(H,28,29). The van der Waals surface area contributed by atoms with Gasteiger partial charge < -0.3 is 14.8 Å². The molecule has 0 radical (unpaired) electrons. The summed E-state index contributed by atoms with van der Waals surface area (Å²) in [7, 11) is 0. The first-order valence-electron chi connectivity index (χ1n) is 10.9. The molecule has 0 saturated carbocycles. The predicted octanol–water partition coefficient (Wildman–Crippen LogP) is 3.97. The number of carbonyl (C=O) groups excluding carboxylic acids is 2. The van der Waals surface area contributed by atoms with Gasteiger partial charge in [-0.3, -0.25) is 9.59 Å². The van der Waals surface area contributed by atoms with E-state index in [1.54, 1.807) is 9.80 Å². The molecule has 7 heteroatoms. The van der Waals surface area contributed by atoms with Crippen LogP contribution in [0, 0.1) is 5.82 Å². The lowest BCUT2D eigenvalue weighted by atomic mass is 10.1. The Hall–Kier alpha value is -4.00. The van der Waals surface area contributed by atoms with Crippen molar-refractivity contribution in [2.24, 2.45) is 0 Å². The number of para-hydroxylation sites is 2. The van der Waals surface area contributed by atoms with E-state index in [1.165, 1.54) is 24.3 Å². The first-order valence-corrected chi connectivity index (χ1v) is 10.9. The van der Waals surface area contributed by atoms with E-state index >= 15 is 0 Å². The smallest absolute Gasteiger partial charge is 0.254 e. The molecule has 1 unspecified atom stereocenters. The molecule has 6 nitrogen and oxygen atoms in total. The van der Waals surface area contributed by atoms with Crippen molar-refractivity contribution < 1.29 is 14.0 Å². The number of H-pyrrole nitrogens is 1. The third kappa shape index (κ3) is 4.35. The molecule has 2 amide bonds. The second-order valence-electron chi connectivity index (χ2n) is 8.16. The van der Waals surface area contributed by atoms with Gasteiger partial charge in [0.05, 0.1) is 17.5 Å². The first-order chi connectivity index (χ1) is 16.1. The van der Waals surface area contributed by atoms with Crippen LogP contribution in [-0.4, -0.2) is 51.2 Å². The lowest BCUT2D eigenvalue weighted by molar-refractivity contribution is -0.135. The van der Waals surface area contributed by atoms with Crippen LogP contribution in [-0.2, 0) is 11.2 Å². The summed E-state index contributed by atoms with van der Waals surface area (Å²) in [5, 5.41) is 0. The number of carbonyl (C=O) groups is 2. The van der Waals surface area contributed by atoms with Crippen molar-refractivity contribution in [2.75, 3.05) is 19.6 Å². The van der Waals surface area contributed by atoms with Gasteiger partial charge in [0.1, 0.15) is 17.7 Å². The van der Waals surface area contributed by atoms with Crippen LogP contribution in [0.15, 0.2) is 78.9 Å². The Labute approximate surface area is 190 Å². The lowest BCUT2D eigenvalue weighted by Crippen LogP contribution is -2.53. The Kier molecular flexibility index (Phi) is 5.60. The fourth-order valence-corrected chi connectivity index (χ4v) is 4.28. The minimum absolute atomic E-state index is 0.0134. The molecule has 4 aromatic rings. The summed E-state index contributed by atoms with van der Waals surface area (Å²) in [5.74, 6) is 0.0593. The normalized spacial score (nSPS) is 16.2. The third-order valence-corrected chi connectivity index (χ3v) is 6.00. The Morgan fingerprint density at radius 3 is 2.42 bits per heavy atom. The molecular formula is C26H23FN4O2. The summed E-state index contributed by atoms with van der Waals surface area (Å²) in [6.07, 6.45) is 0.281. The summed E-state index contributed by atoms with van der Waals surface area (Å²) in [5.41, 5.74) is 3.05. The van der Waals surface area contributed by atoms with Crippen molar-refractivity contribution in [3.8, 4) is 0 Å². The van der Waals surface area contributed by atoms with Gasteiger partial charge in [0.2, 0.25) is 5.91 Å². The van der Waals surface area contributed by atoms with Crippen molar-refractivity contribution in [3.05, 3.63) is 102 Å². The van der Waals surface area contributed by atoms with E-state index in [0.29, 0.717) is 31.0 Å². The van der Waals surface area contributed by atoms with Crippen molar-refractivity contribution in [1.82, 2.24) is 19.8 Å². The predicted molar refractivity (Wildman–Crippen MR) is 123 cm³/mol. The van der Waals surface area contributed by atoms with Crippen LogP contribution in [0.3, 0.4) is 0 Å². The number of amides is 2. The minimum Gasteiger partial charge on any atom is -0.340 e. The summed E-state index contributed by atoms with van der Waals surface area (Å²) in [6, 6.07) is 22.4. The number of rotatable bonds is 4. The molecule has 1 fully saturated rings. The largest absolute Gasteiger partial charge is 0.340 e. The fourth-order valence-electron chi connectivity index (χ4n) is 4.28. The highest BCUT2D eigenvalue weighted by molar-refractivity contribution is 5.94. The minimum atomic E-state index is -0.410. The van der Waals surface area contributed by atoms with Crippen LogP contribution in [0.5, 0.6) is 0 Å². The van der Waals surface area contributed by atoms with Crippen molar-refractivity contribution in [1.29, 1.82) is 0 Å². The number of aromatic nitrogens is 2. The topological polar surface area (TPSA) is 69.3 Å². The fraction of sp³-hybridized carbons (Fsp3) is 0.192. The number of nitrogens with one attached hydrogen (secondary N) is 1. The first kappa shape index (κ1) is 20.9. The highest BCUT2D eigenvalue weighted by atomic mass is 19.1. The Balaban J connectivity index is 1.44. The molecule has 0 bridgehead atoms. The summed E-state index contributed by atoms with van der Waals surface area (Å²) >= 11 is 0. The monoisotopic (exact) mass is 442 g/mol.